The molecule has 27 heavy (non-hydrogen) atoms. The van der Waals surface area contributed by atoms with Crippen molar-refractivity contribution >= 4 is 31.8 Å². The maximum atomic E-state index is 13.7. The minimum atomic E-state index is -4.67. The van der Waals surface area contributed by atoms with Crippen LogP contribution < -0.4 is 10.3 Å². The van der Waals surface area contributed by atoms with Crippen molar-refractivity contribution in [2.45, 2.75) is 6.18 Å². The van der Waals surface area contributed by atoms with E-state index >= 15 is 0 Å². The van der Waals surface area contributed by atoms with Gasteiger partial charge in [0.2, 0.25) is 0 Å². The lowest BCUT2D eigenvalue weighted by molar-refractivity contribution is -0.136. The molecule has 0 fully saturated rings. The summed E-state index contributed by atoms with van der Waals surface area (Å²) in [5.74, 6) is 0.191. The van der Waals surface area contributed by atoms with Crippen molar-refractivity contribution in [3.05, 3.63) is 52.3 Å². The van der Waals surface area contributed by atoms with Crippen molar-refractivity contribution in [1.29, 1.82) is 0 Å². The number of alkyl halides is 3. The van der Waals surface area contributed by atoms with Crippen LogP contribution in [0.5, 0.6) is 11.5 Å². The molecule has 3 heterocycles. The van der Waals surface area contributed by atoms with Crippen molar-refractivity contribution in [2.24, 2.45) is 0 Å². The molecule has 5 nitrogen and oxygen atoms in total. The van der Waals surface area contributed by atoms with Gasteiger partial charge in [-0.05, 0) is 30.3 Å². The predicted octanol–water partition coefficient (Wildman–Crippen LogP) is 4.54. The van der Waals surface area contributed by atoms with Crippen molar-refractivity contribution in [2.75, 3.05) is 7.11 Å². The number of nitrogens with one attached hydrogen (secondary N) is 1. The Morgan fingerprint density at radius 3 is 2.52 bits per heavy atom. The highest BCUT2D eigenvalue weighted by Gasteiger charge is 2.35. The molecule has 4 rings (SSSR count). The molecular formula is C18H11F3N2O3S. The second-order valence-corrected chi connectivity index (χ2v) is 6.79. The van der Waals surface area contributed by atoms with Crippen molar-refractivity contribution in [1.82, 2.24) is 9.97 Å². The van der Waals surface area contributed by atoms with Gasteiger partial charge < -0.3 is 14.8 Å². The molecule has 0 radical (unpaired) electrons. The Balaban J connectivity index is 2.07. The average Bonchev–Trinajstić information content (AvgIpc) is 2.99. The van der Waals surface area contributed by atoms with Gasteiger partial charge in [-0.3, -0.25) is 4.79 Å². The number of hydrogen-bond acceptors (Lipinski definition) is 5. The first kappa shape index (κ1) is 17.3. The van der Waals surface area contributed by atoms with E-state index in [2.05, 4.69) is 9.97 Å². The van der Waals surface area contributed by atoms with Crippen LogP contribution in [0.25, 0.3) is 31.7 Å². The predicted molar refractivity (Wildman–Crippen MR) is 96.4 cm³/mol. The highest BCUT2D eigenvalue weighted by molar-refractivity contribution is 7.25. The number of fused-ring (bicyclic) bond motifs is 3. The van der Waals surface area contributed by atoms with E-state index in [1.807, 2.05) is 0 Å². The number of aromatic nitrogens is 2. The molecule has 0 saturated heterocycles. The Hall–Kier alpha value is -3.07. The molecule has 138 valence electrons. The van der Waals surface area contributed by atoms with E-state index in [1.54, 1.807) is 24.3 Å². The van der Waals surface area contributed by atoms with Gasteiger partial charge in [-0.1, -0.05) is 0 Å². The first-order chi connectivity index (χ1) is 12.8. The molecule has 0 bridgehead atoms. The monoisotopic (exact) mass is 392 g/mol. The van der Waals surface area contributed by atoms with E-state index in [0.717, 1.165) is 23.5 Å². The van der Waals surface area contributed by atoms with Crippen LogP contribution in [0.3, 0.4) is 0 Å². The summed E-state index contributed by atoms with van der Waals surface area (Å²) in [5, 5.41) is 9.73. The van der Waals surface area contributed by atoms with Gasteiger partial charge in [-0.25, -0.2) is 4.98 Å². The summed E-state index contributed by atoms with van der Waals surface area (Å²) in [6.45, 7) is 0. The fraction of sp³-hybridized carbons (Fsp3) is 0.111. The number of nitrogens with zero attached hydrogens (tertiary/aromatic N) is 1. The first-order valence-electron chi connectivity index (χ1n) is 7.69. The zero-order chi connectivity index (χ0) is 19.3. The molecule has 0 unspecified atom stereocenters. The molecule has 4 aromatic rings. The van der Waals surface area contributed by atoms with Crippen LogP contribution in [0, 0.1) is 0 Å². The second kappa shape index (κ2) is 5.98. The molecular weight excluding hydrogens is 381 g/mol. The third-order valence-electron chi connectivity index (χ3n) is 4.10. The molecule has 0 aliphatic carbocycles. The normalized spacial score (nSPS) is 12.0. The fourth-order valence-electron chi connectivity index (χ4n) is 2.88. The summed E-state index contributed by atoms with van der Waals surface area (Å²) in [5.41, 5.74) is -1.07. The molecule has 2 N–H and O–H groups in total. The number of thiophene rings is 1. The quantitative estimate of drug-likeness (QED) is 0.525. The van der Waals surface area contributed by atoms with Gasteiger partial charge in [-0.15, -0.1) is 11.3 Å². The molecule has 1 aromatic carbocycles. The Labute approximate surface area is 153 Å². The Morgan fingerprint density at radius 1 is 1.19 bits per heavy atom. The van der Waals surface area contributed by atoms with Crippen LogP contribution >= 0.6 is 11.3 Å². The van der Waals surface area contributed by atoms with Crippen LogP contribution in [0.4, 0.5) is 13.2 Å². The van der Waals surface area contributed by atoms with Gasteiger partial charge in [0.25, 0.3) is 5.56 Å². The van der Waals surface area contributed by atoms with Crippen LogP contribution in [0.1, 0.15) is 5.56 Å². The summed E-state index contributed by atoms with van der Waals surface area (Å²) in [6, 6.07) is 8.35. The Morgan fingerprint density at radius 2 is 1.89 bits per heavy atom. The fourth-order valence-corrected chi connectivity index (χ4v) is 3.95. The lowest BCUT2D eigenvalue weighted by Crippen LogP contribution is -2.08. The number of hydrogen-bond donors (Lipinski definition) is 2. The maximum Gasteiger partial charge on any atom is 0.417 e. The van der Waals surface area contributed by atoms with E-state index in [0.29, 0.717) is 11.3 Å². The van der Waals surface area contributed by atoms with E-state index in [9.17, 15) is 23.1 Å². The Bertz CT molecular complexity index is 1230. The number of halogens is 3. The zero-order valence-corrected chi connectivity index (χ0v) is 14.5. The third-order valence-corrected chi connectivity index (χ3v) is 5.21. The number of aromatic amines is 1. The van der Waals surface area contributed by atoms with Crippen molar-refractivity contribution in [3.8, 4) is 22.8 Å². The number of aromatic hydroxyl groups is 1. The molecule has 0 aliphatic rings. The number of rotatable bonds is 2. The number of ether oxygens (including phenoxy) is 1. The van der Waals surface area contributed by atoms with Gasteiger partial charge in [0.05, 0.1) is 28.6 Å². The van der Waals surface area contributed by atoms with Crippen LogP contribution in [0.2, 0.25) is 0 Å². The number of methoxy groups -OCH3 is 1. The summed E-state index contributed by atoms with van der Waals surface area (Å²) in [6.07, 6.45) is -4.67. The minimum Gasteiger partial charge on any atom is -0.506 e. The molecule has 0 spiro atoms. The lowest BCUT2D eigenvalue weighted by Gasteiger charge is -2.11. The third kappa shape index (κ3) is 2.89. The largest absolute Gasteiger partial charge is 0.506 e. The van der Waals surface area contributed by atoms with Crippen LogP contribution in [-0.4, -0.2) is 22.2 Å². The van der Waals surface area contributed by atoms with E-state index in [4.69, 9.17) is 4.74 Å². The molecule has 0 amide bonds. The smallest absolute Gasteiger partial charge is 0.417 e. The zero-order valence-electron chi connectivity index (χ0n) is 13.7. The number of benzene rings is 1. The Kier molecular flexibility index (Phi) is 3.84. The lowest BCUT2D eigenvalue weighted by atomic mass is 10.1. The van der Waals surface area contributed by atoms with Crippen LogP contribution in [0.15, 0.2) is 41.2 Å². The van der Waals surface area contributed by atoms with E-state index in [-0.39, 0.29) is 31.9 Å². The molecule has 9 heteroatoms. The van der Waals surface area contributed by atoms with E-state index in [1.165, 1.54) is 7.11 Å². The van der Waals surface area contributed by atoms with Crippen LogP contribution in [-0.2, 0) is 6.18 Å². The number of H-pyrrole nitrogens is 1. The summed E-state index contributed by atoms with van der Waals surface area (Å²) >= 11 is 0.888. The molecule has 0 aliphatic heterocycles. The van der Waals surface area contributed by atoms with Gasteiger partial charge in [0, 0.05) is 17.0 Å². The topological polar surface area (TPSA) is 75.2 Å². The highest BCUT2D eigenvalue weighted by Crippen LogP contribution is 2.44. The molecule has 0 saturated carbocycles. The van der Waals surface area contributed by atoms with Gasteiger partial charge in [0.1, 0.15) is 16.3 Å². The molecule has 3 aromatic heterocycles. The van der Waals surface area contributed by atoms with Gasteiger partial charge in [-0.2, -0.15) is 13.2 Å². The highest BCUT2D eigenvalue weighted by atomic mass is 32.1. The van der Waals surface area contributed by atoms with Crippen molar-refractivity contribution < 1.29 is 23.0 Å². The SMILES string of the molecule is COc1ccc(-c2cc(C(F)(F)F)c3c(n2)sc2c(O)cc(=O)[nH]c23)cc1. The van der Waals surface area contributed by atoms with Crippen molar-refractivity contribution in [3.63, 3.8) is 0 Å². The summed E-state index contributed by atoms with van der Waals surface area (Å²) in [7, 11) is 1.49. The van der Waals surface area contributed by atoms with E-state index < -0.39 is 17.3 Å². The number of pyridine rings is 2. The maximum absolute atomic E-state index is 13.7. The van der Waals surface area contributed by atoms with Gasteiger partial charge >= 0.3 is 6.18 Å². The summed E-state index contributed by atoms with van der Waals surface area (Å²) in [4.78, 5) is 18.4. The average molecular weight is 392 g/mol. The first-order valence-corrected chi connectivity index (χ1v) is 8.51. The standard InChI is InChI=1S/C18H11F3N2O3S/c1-26-9-4-2-8(3-5-9)11-6-10(18(19,20)21)14-15-16(27-17(14)22-11)12(24)7-13(25)23-15/h2-7H,1H3,(H2,23,24,25). The van der Waals surface area contributed by atoms with Gasteiger partial charge in [0.15, 0.2) is 0 Å². The second-order valence-electron chi connectivity index (χ2n) is 5.79. The summed E-state index contributed by atoms with van der Waals surface area (Å²) < 4.78 is 46.4. The molecule has 0 atom stereocenters. The minimum absolute atomic E-state index is 0.0684.